The molecule has 0 fully saturated rings. The van der Waals surface area contributed by atoms with Crippen molar-refractivity contribution in [3.8, 4) is 5.75 Å². The summed E-state index contributed by atoms with van der Waals surface area (Å²) in [4.78, 5) is 16.5. The molecule has 132 valence electrons. The van der Waals surface area contributed by atoms with Gasteiger partial charge in [0.2, 0.25) is 0 Å². The first-order valence-corrected chi connectivity index (χ1v) is 8.31. The van der Waals surface area contributed by atoms with Crippen molar-refractivity contribution in [1.29, 1.82) is 0 Å². The number of carbonyl (C=O) groups excluding carboxylic acids is 1. The van der Waals surface area contributed by atoms with Crippen LogP contribution in [0.4, 0.5) is 10.2 Å². The fraction of sp³-hybridized carbons (Fsp3) is 0.100. The van der Waals surface area contributed by atoms with Gasteiger partial charge in [0, 0.05) is 6.20 Å². The van der Waals surface area contributed by atoms with E-state index in [1.165, 1.54) is 24.4 Å². The Morgan fingerprint density at radius 2 is 1.96 bits per heavy atom. The number of carbonyl (C=O) groups is 1. The number of ether oxygens (including phenoxy) is 1. The van der Waals surface area contributed by atoms with E-state index in [1.54, 1.807) is 12.1 Å². The number of nitrogens with one attached hydrogen (secondary N) is 1. The monoisotopic (exact) mass is 370 g/mol. The minimum absolute atomic E-state index is 0.0285. The van der Waals surface area contributed by atoms with Crippen LogP contribution in [0.3, 0.4) is 0 Å². The maximum atomic E-state index is 13.9. The fourth-order valence-electron chi connectivity index (χ4n) is 2.41. The summed E-state index contributed by atoms with van der Waals surface area (Å²) in [6, 6.07) is 15.3. The van der Waals surface area contributed by atoms with Gasteiger partial charge in [-0.1, -0.05) is 41.9 Å². The summed E-state index contributed by atoms with van der Waals surface area (Å²) in [6.45, 7) is 2.31. The standard InChI is InChI=1S/C20H16ClFN2O2/c1-13-6-2-3-7-14(13)12-26-17-10-5-11-23-19(17)24-20(25)18-15(21)8-4-9-16(18)22/h2-11H,12H2,1H3,(H,23,24,25). The third kappa shape index (κ3) is 4.00. The molecule has 1 N–H and O–H groups in total. The van der Waals surface area contributed by atoms with Gasteiger partial charge in [-0.3, -0.25) is 4.79 Å². The van der Waals surface area contributed by atoms with Crippen molar-refractivity contribution < 1.29 is 13.9 Å². The SMILES string of the molecule is Cc1ccccc1COc1cccnc1NC(=O)c1c(F)cccc1Cl. The van der Waals surface area contributed by atoms with Gasteiger partial charge in [-0.05, 0) is 42.3 Å². The van der Waals surface area contributed by atoms with E-state index in [4.69, 9.17) is 16.3 Å². The predicted octanol–water partition coefficient (Wildman–Crippen LogP) is 5.01. The van der Waals surface area contributed by atoms with Gasteiger partial charge < -0.3 is 10.1 Å². The van der Waals surface area contributed by atoms with Crippen molar-refractivity contribution >= 4 is 23.3 Å². The summed E-state index contributed by atoms with van der Waals surface area (Å²) in [5.74, 6) is -0.803. The Morgan fingerprint density at radius 1 is 1.15 bits per heavy atom. The van der Waals surface area contributed by atoms with Gasteiger partial charge in [0.05, 0.1) is 10.6 Å². The Hall–Kier alpha value is -2.92. The van der Waals surface area contributed by atoms with Gasteiger partial charge in [0.1, 0.15) is 12.4 Å². The van der Waals surface area contributed by atoms with E-state index < -0.39 is 11.7 Å². The van der Waals surface area contributed by atoms with Gasteiger partial charge in [0.25, 0.3) is 5.91 Å². The molecule has 1 aromatic heterocycles. The molecule has 0 aliphatic carbocycles. The molecule has 0 unspecified atom stereocenters. The van der Waals surface area contributed by atoms with Crippen molar-refractivity contribution in [2.24, 2.45) is 0 Å². The number of pyridine rings is 1. The van der Waals surface area contributed by atoms with E-state index in [0.29, 0.717) is 12.4 Å². The Morgan fingerprint density at radius 3 is 2.73 bits per heavy atom. The molecule has 0 atom stereocenters. The van der Waals surface area contributed by atoms with Crippen LogP contribution in [0, 0.1) is 12.7 Å². The zero-order chi connectivity index (χ0) is 18.5. The first-order chi connectivity index (χ1) is 12.6. The summed E-state index contributed by atoms with van der Waals surface area (Å²) in [6.07, 6.45) is 1.51. The lowest BCUT2D eigenvalue weighted by atomic mass is 10.1. The van der Waals surface area contributed by atoms with Crippen LogP contribution in [0.2, 0.25) is 5.02 Å². The van der Waals surface area contributed by atoms with Gasteiger partial charge >= 0.3 is 0 Å². The lowest BCUT2D eigenvalue weighted by Gasteiger charge is -2.13. The molecule has 26 heavy (non-hydrogen) atoms. The van der Waals surface area contributed by atoms with Crippen LogP contribution >= 0.6 is 11.6 Å². The number of nitrogens with zero attached hydrogens (tertiary/aromatic N) is 1. The number of benzene rings is 2. The number of amides is 1. The summed E-state index contributed by atoms with van der Waals surface area (Å²) in [5, 5.41) is 2.59. The molecule has 0 spiro atoms. The minimum Gasteiger partial charge on any atom is -0.485 e. The molecule has 1 amide bonds. The number of aryl methyl sites for hydroxylation is 1. The highest BCUT2D eigenvalue weighted by Gasteiger charge is 2.18. The van der Waals surface area contributed by atoms with Crippen LogP contribution in [-0.2, 0) is 6.61 Å². The van der Waals surface area contributed by atoms with Crippen LogP contribution in [0.1, 0.15) is 21.5 Å². The Kier molecular flexibility index (Phi) is 5.49. The highest BCUT2D eigenvalue weighted by atomic mass is 35.5. The summed E-state index contributed by atoms with van der Waals surface area (Å²) >= 11 is 5.94. The number of anilines is 1. The molecule has 0 saturated carbocycles. The molecular formula is C20H16ClFN2O2. The minimum atomic E-state index is -0.701. The van der Waals surface area contributed by atoms with Gasteiger partial charge in [-0.15, -0.1) is 0 Å². The van der Waals surface area contributed by atoms with Gasteiger partial charge in [0.15, 0.2) is 11.6 Å². The van der Waals surface area contributed by atoms with Crippen LogP contribution in [-0.4, -0.2) is 10.9 Å². The second-order valence-electron chi connectivity index (χ2n) is 5.62. The highest BCUT2D eigenvalue weighted by Crippen LogP contribution is 2.25. The van der Waals surface area contributed by atoms with Crippen LogP contribution in [0.5, 0.6) is 5.75 Å². The maximum Gasteiger partial charge on any atom is 0.261 e. The average molecular weight is 371 g/mol. The molecule has 4 nitrogen and oxygen atoms in total. The van der Waals surface area contributed by atoms with Crippen molar-refractivity contribution in [3.05, 3.63) is 88.3 Å². The Labute approximate surface area is 155 Å². The van der Waals surface area contributed by atoms with Crippen LogP contribution in [0.15, 0.2) is 60.8 Å². The third-order valence-corrected chi connectivity index (χ3v) is 4.15. The largest absolute Gasteiger partial charge is 0.485 e. The van der Waals surface area contributed by atoms with E-state index in [0.717, 1.165) is 11.1 Å². The average Bonchev–Trinajstić information content (AvgIpc) is 2.62. The molecule has 0 radical (unpaired) electrons. The molecule has 3 rings (SSSR count). The topological polar surface area (TPSA) is 51.2 Å². The molecule has 0 aliphatic heterocycles. The number of aromatic nitrogens is 1. The predicted molar refractivity (Wildman–Crippen MR) is 99.1 cm³/mol. The van der Waals surface area contributed by atoms with E-state index in [-0.39, 0.29) is 16.4 Å². The number of rotatable bonds is 5. The van der Waals surface area contributed by atoms with Gasteiger partial charge in [-0.2, -0.15) is 0 Å². The summed E-state index contributed by atoms with van der Waals surface area (Å²) in [7, 11) is 0. The zero-order valence-electron chi connectivity index (χ0n) is 14.0. The van der Waals surface area contributed by atoms with Gasteiger partial charge in [-0.25, -0.2) is 9.37 Å². The van der Waals surface area contributed by atoms with E-state index in [9.17, 15) is 9.18 Å². The van der Waals surface area contributed by atoms with E-state index in [1.807, 2.05) is 31.2 Å². The Balaban J connectivity index is 1.79. The first kappa shape index (κ1) is 17.9. The lowest BCUT2D eigenvalue weighted by molar-refractivity contribution is 0.102. The molecule has 2 aromatic carbocycles. The molecule has 6 heteroatoms. The molecule has 0 bridgehead atoms. The fourth-order valence-corrected chi connectivity index (χ4v) is 2.66. The van der Waals surface area contributed by atoms with Crippen molar-refractivity contribution in [2.75, 3.05) is 5.32 Å². The molecule has 0 saturated heterocycles. The quantitative estimate of drug-likeness (QED) is 0.686. The second-order valence-corrected chi connectivity index (χ2v) is 6.02. The number of hydrogen-bond acceptors (Lipinski definition) is 3. The lowest BCUT2D eigenvalue weighted by Crippen LogP contribution is -2.16. The normalized spacial score (nSPS) is 10.4. The number of halogens is 2. The van der Waals surface area contributed by atoms with Crippen molar-refractivity contribution in [2.45, 2.75) is 13.5 Å². The summed E-state index contributed by atoms with van der Waals surface area (Å²) in [5.41, 5.74) is 1.88. The second kappa shape index (κ2) is 7.97. The Bertz CT molecular complexity index is 926. The first-order valence-electron chi connectivity index (χ1n) is 7.94. The van der Waals surface area contributed by atoms with Crippen LogP contribution in [0.25, 0.3) is 0 Å². The van der Waals surface area contributed by atoms with Crippen molar-refractivity contribution in [1.82, 2.24) is 4.98 Å². The molecule has 0 aliphatic rings. The van der Waals surface area contributed by atoms with Crippen LogP contribution < -0.4 is 10.1 Å². The molecule has 1 heterocycles. The van der Waals surface area contributed by atoms with E-state index in [2.05, 4.69) is 10.3 Å². The smallest absolute Gasteiger partial charge is 0.261 e. The molecule has 3 aromatic rings. The molecular weight excluding hydrogens is 355 g/mol. The maximum absolute atomic E-state index is 13.9. The van der Waals surface area contributed by atoms with Crippen molar-refractivity contribution in [3.63, 3.8) is 0 Å². The highest BCUT2D eigenvalue weighted by molar-refractivity contribution is 6.34. The van der Waals surface area contributed by atoms with E-state index >= 15 is 0 Å². The zero-order valence-corrected chi connectivity index (χ0v) is 14.8. The third-order valence-electron chi connectivity index (χ3n) is 3.84. The summed E-state index contributed by atoms with van der Waals surface area (Å²) < 4.78 is 19.7. The number of hydrogen-bond donors (Lipinski definition) is 1.